The number of carbonyl (C=O) groups excluding carboxylic acids is 1. The first-order valence-corrected chi connectivity index (χ1v) is 6.49. The normalized spacial score (nSPS) is 12.2. The number of hydrogen-bond donors (Lipinski definition) is 1. The highest BCUT2D eigenvalue weighted by molar-refractivity contribution is 6.19. The summed E-state index contributed by atoms with van der Waals surface area (Å²) >= 11 is 5.69. The van der Waals surface area contributed by atoms with Gasteiger partial charge in [-0.1, -0.05) is 6.92 Å². The van der Waals surface area contributed by atoms with Gasteiger partial charge in [-0.25, -0.2) is 9.97 Å². The number of rotatable bonds is 4. The van der Waals surface area contributed by atoms with Crippen LogP contribution in [0, 0.1) is 12.8 Å². The number of nitrogens with one attached hydrogen (secondary N) is 1. The lowest BCUT2D eigenvalue weighted by Gasteiger charge is -2.13. The quantitative estimate of drug-likeness (QED) is 0.874. The molecule has 0 aliphatic carbocycles. The molecular formula is C13H15ClN4O. The molecule has 0 fully saturated rings. The SMILES string of the molecule is Cc1nccn1-c1ncccc1NC(=O)C(C)CCl. The maximum Gasteiger partial charge on any atom is 0.228 e. The molecular weight excluding hydrogens is 264 g/mol. The number of hydrogen-bond acceptors (Lipinski definition) is 3. The maximum atomic E-state index is 11.9. The van der Waals surface area contributed by atoms with Gasteiger partial charge in [0.05, 0.1) is 5.69 Å². The Morgan fingerprint density at radius 2 is 2.26 bits per heavy atom. The smallest absolute Gasteiger partial charge is 0.228 e. The van der Waals surface area contributed by atoms with Crippen molar-refractivity contribution in [2.75, 3.05) is 11.2 Å². The summed E-state index contributed by atoms with van der Waals surface area (Å²) in [6.45, 7) is 3.66. The summed E-state index contributed by atoms with van der Waals surface area (Å²) < 4.78 is 1.82. The van der Waals surface area contributed by atoms with E-state index in [0.29, 0.717) is 11.5 Å². The fourth-order valence-corrected chi connectivity index (χ4v) is 1.75. The third-order valence-electron chi connectivity index (χ3n) is 2.78. The van der Waals surface area contributed by atoms with Crippen LogP contribution >= 0.6 is 11.6 Å². The van der Waals surface area contributed by atoms with Gasteiger partial charge in [-0.3, -0.25) is 9.36 Å². The molecule has 0 radical (unpaired) electrons. The van der Waals surface area contributed by atoms with E-state index in [1.807, 2.05) is 11.5 Å². The number of carbonyl (C=O) groups is 1. The molecule has 0 saturated carbocycles. The van der Waals surface area contributed by atoms with E-state index in [1.54, 1.807) is 37.6 Å². The van der Waals surface area contributed by atoms with Crippen LogP contribution < -0.4 is 5.32 Å². The summed E-state index contributed by atoms with van der Waals surface area (Å²) in [5, 5.41) is 2.84. The molecule has 0 spiro atoms. The Morgan fingerprint density at radius 3 is 2.89 bits per heavy atom. The Labute approximate surface area is 116 Å². The summed E-state index contributed by atoms with van der Waals surface area (Å²) in [5.41, 5.74) is 0.644. The van der Waals surface area contributed by atoms with Crippen molar-refractivity contribution in [3.63, 3.8) is 0 Å². The van der Waals surface area contributed by atoms with Crippen LogP contribution in [0.4, 0.5) is 5.69 Å². The number of alkyl halides is 1. The number of anilines is 1. The molecule has 2 aromatic rings. The molecule has 1 unspecified atom stereocenters. The molecule has 0 aliphatic heterocycles. The molecule has 0 aliphatic rings. The molecule has 1 atom stereocenters. The molecule has 1 N–H and O–H groups in total. The minimum Gasteiger partial charge on any atom is -0.323 e. The van der Waals surface area contributed by atoms with Gasteiger partial charge in [0, 0.05) is 30.4 Å². The maximum absolute atomic E-state index is 11.9. The fourth-order valence-electron chi connectivity index (χ4n) is 1.61. The van der Waals surface area contributed by atoms with Crippen molar-refractivity contribution in [2.24, 2.45) is 5.92 Å². The van der Waals surface area contributed by atoms with Crippen LogP contribution in [0.3, 0.4) is 0 Å². The minimum atomic E-state index is -0.251. The second-order valence-electron chi connectivity index (χ2n) is 4.26. The predicted octanol–water partition coefficient (Wildman–Crippen LogP) is 2.39. The minimum absolute atomic E-state index is 0.123. The Bertz CT molecular complexity index is 582. The molecule has 1 amide bonds. The highest BCUT2D eigenvalue weighted by atomic mass is 35.5. The van der Waals surface area contributed by atoms with Crippen LogP contribution in [0.1, 0.15) is 12.7 Å². The van der Waals surface area contributed by atoms with Gasteiger partial charge >= 0.3 is 0 Å². The Balaban J connectivity index is 2.32. The molecule has 19 heavy (non-hydrogen) atoms. The van der Waals surface area contributed by atoms with Crippen LogP contribution in [-0.2, 0) is 4.79 Å². The summed E-state index contributed by atoms with van der Waals surface area (Å²) in [6, 6.07) is 3.58. The van der Waals surface area contributed by atoms with Gasteiger partial charge < -0.3 is 5.32 Å². The number of nitrogens with zero attached hydrogens (tertiary/aromatic N) is 3. The molecule has 0 aromatic carbocycles. The predicted molar refractivity (Wildman–Crippen MR) is 74.6 cm³/mol. The van der Waals surface area contributed by atoms with E-state index in [-0.39, 0.29) is 17.7 Å². The zero-order chi connectivity index (χ0) is 13.8. The van der Waals surface area contributed by atoms with Crippen LogP contribution in [0.25, 0.3) is 5.82 Å². The van der Waals surface area contributed by atoms with E-state index in [4.69, 9.17) is 11.6 Å². The largest absolute Gasteiger partial charge is 0.323 e. The first-order chi connectivity index (χ1) is 9.13. The van der Waals surface area contributed by atoms with Crippen LogP contribution in [-0.4, -0.2) is 26.3 Å². The van der Waals surface area contributed by atoms with Crippen molar-refractivity contribution in [1.29, 1.82) is 0 Å². The molecule has 2 heterocycles. The van der Waals surface area contributed by atoms with Gasteiger partial charge in [-0.15, -0.1) is 11.6 Å². The topological polar surface area (TPSA) is 59.8 Å². The average molecular weight is 279 g/mol. The lowest BCUT2D eigenvalue weighted by atomic mass is 10.2. The van der Waals surface area contributed by atoms with Crippen LogP contribution in [0.2, 0.25) is 0 Å². The monoisotopic (exact) mass is 278 g/mol. The van der Waals surface area contributed by atoms with Crippen LogP contribution in [0.5, 0.6) is 0 Å². The van der Waals surface area contributed by atoms with Gasteiger partial charge in [0.2, 0.25) is 5.91 Å². The van der Waals surface area contributed by atoms with Crippen molar-refractivity contribution >= 4 is 23.2 Å². The van der Waals surface area contributed by atoms with Crippen molar-refractivity contribution in [3.8, 4) is 5.82 Å². The van der Waals surface area contributed by atoms with Crippen molar-refractivity contribution in [2.45, 2.75) is 13.8 Å². The Morgan fingerprint density at radius 1 is 1.47 bits per heavy atom. The lowest BCUT2D eigenvalue weighted by molar-refractivity contribution is -0.118. The molecule has 2 aromatic heterocycles. The highest BCUT2D eigenvalue weighted by Crippen LogP contribution is 2.19. The van der Waals surface area contributed by atoms with E-state index in [1.165, 1.54) is 0 Å². The van der Waals surface area contributed by atoms with Crippen molar-refractivity contribution in [3.05, 3.63) is 36.5 Å². The number of aromatic nitrogens is 3. The van der Waals surface area contributed by atoms with Crippen LogP contribution in [0.15, 0.2) is 30.7 Å². The first-order valence-electron chi connectivity index (χ1n) is 5.95. The second kappa shape index (κ2) is 5.84. The van der Waals surface area contributed by atoms with E-state index in [2.05, 4.69) is 15.3 Å². The van der Waals surface area contributed by atoms with Gasteiger partial charge in [0.1, 0.15) is 5.82 Å². The number of imidazole rings is 1. The Kier molecular flexibility index (Phi) is 4.16. The molecule has 5 nitrogen and oxygen atoms in total. The first kappa shape index (κ1) is 13.5. The molecule has 100 valence electrons. The standard InChI is InChI=1S/C13H15ClN4O/c1-9(8-14)13(19)17-11-4-3-5-16-12(11)18-7-6-15-10(18)2/h3-7,9H,8H2,1-2H3,(H,17,19). The molecule has 0 bridgehead atoms. The number of pyridine rings is 1. The van der Waals surface area contributed by atoms with Gasteiger partial charge in [0.15, 0.2) is 5.82 Å². The third kappa shape index (κ3) is 2.93. The second-order valence-corrected chi connectivity index (χ2v) is 4.57. The number of halogens is 1. The van der Waals surface area contributed by atoms with Crippen molar-refractivity contribution < 1.29 is 4.79 Å². The van der Waals surface area contributed by atoms with Crippen molar-refractivity contribution in [1.82, 2.24) is 14.5 Å². The van der Waals surface area contributed by atoms with Gasteiger partial charge in [-0.2, -0.15) is 0 Å². The van der Waals surface area contributed by atoms with Gasteiger partial charge in [0.25, 0.3) is 0 Å². The molecule has 6 heteroatoms. The summed E-state index contributed by atoms with van der Waals surface area (Å²) in [7, 11) is 0. The average Bonchev–Trinajstić information content (AvgIpc) is 2.84. The number of aryl methyl sites for hydroxylation is 1. The molecule has 2 rings (SSSR count). The van der Waals surface area contributed by atoms with E-state index >= 15 is 0 Å². The number of amides is 1. The van der Waals surface area contributed by atoms with E-state index in [0.717, 1.165) is 5.82 Å². The van der Waals surface area contributed by atoms with E-state index in [9.17, 15) is 4.79 Å². The summed E-state index contributed by atoms with van der Waals surface area (Å²) in [4.78, 5) is 20.4. The van der Waals surface area contributed by atoms with Gasteiger partial charge in [-0.05, 0) is 19.1 Å². The molecule has 0 saturated heterocycles. The summed E-state index contributed by atoms with van der Waals surface area (Å²) in [6.07, 6.45) is 5.17. The zero-order valence-electron chi connectivity index (χ0n) is 10.8. The Hall–Kier alpha value is -1.88. The highest BCUT2D eigenvalue weighted by Gasteiger charge is 2.15. The van der Waals surface area contributed by atoms with E-state index < -0.39 is 0 Å². The third-order valence-corrected chi connectivity index (χ3v) is 3.24. The fraction of sp³-hybridized carbons (Fsp3) is 0.308. The summed E-state index contributed by atoms with van der Waals surface area (Å²) in [5.74, 6) is 1.36. The lowest BCUT2D eigenvalue weighted by Crippen LogP contribution is -2.22. The zero-order valence-corrected chi connectivity index (χ0v) is 11.6.